The van der Waals surface area contributed by atoms with Crippen LogP contribution >= 0.6 is 23.2 Å². The summed E-state index contributed by atoms with van der Waals surface area (Å²) in [7, 11) is -1.72. The minimum Gasteiger partial charge on any atom is -0.357 e. The number of hydrogen-bond acceptors (Lipinski definition) is 2. The van der Waals surface area contributed by atoms with Crippen LogP contribution in [0, 0.1) is 0 Å². The number of benzene rings is 1. The van der Waals surface area contributed by atoms with E-state index in [1.807, 2.05) is 30.1 Å². The molecule has 0 aliphatic heterocycles. The molecular formula is C12H12Cl2N2O2S. The summed E-state index contributed by atoms with van der Waals surface area (Å²) in [5, 5.41) is 0.535. The fraction of sp³-hybridized carbons (Fsp3) is 0.167. The third-order valence-electron chi connectivity index (χ3n) is 2.56. The van der Waals surface area contributed by atoms with Crippen LogP contribution in [0.1, 0.15) is 5.56 Å². The maximum atomic E-state index is 12.1. The van der Waals surface area contributed by atoms with Crippen molar-refractivity contribution in [1.29, 1.82) is 0 Å². The van der Waals surface area contributed by atoms with Crippen molar-refractivity contribution in [1.82, 2.24) is 9.29 Å². The lowest BCUT2D eigenvalue weighted by molar-refractivity contribution is 0.581. The van der Waals surface area contributed by atoms with Gasteiger partial charge in [0.25, 0.3) is 0 Å². The molecule has 0 spiro atoms. The van der Waals surface area contributed by atoms with Crippen molar-refractivity contribution in [2.75, 3.05) is 0 Å². The van der Waals surface area contributed by atoms with Gasteiger partial charge in [-0.2, -0.15) is 0 Å². The van der Waals surface area contributed by atoms with E-state index in [-0.39, 0.29) is 16.5 Å². The molecule has 1 aromatic heterocycles. The molecule has 19 heavy (non-hydrogen) atoms. The van der Waals surface area contributed by atoms with Crippen molar-refractivity contribution in [3.05, 3.63) is 52.3 Å². The first-order valence-electron chi connectivity index (χ1n) is 5.44. The van der Waals surface area contributed by atoms with E-state index >= 15 is 0 Å². The number of hydrogen-bond donors (Lipinski definition) is 1. The monoisotopic (exact) mass is 318 g/mol. The molecule has 0 amide bonds. The molecule has 1 aromatic carbocycles. The van der Waals surface area contributed by atoms with Crippen molar-refractivity contribution in [2.45, 2.75) is 11.4 Å². The number of nitrogens with one attached hydrogen (secondary N) is 1. The van der Waals surface area contributed by atoms with Crippen molar-refractivity contribution >= 4 is 33.2 Å². The molecule has 0 fully saturated rings. The van der Waals surface area contributed by atoms with Gasteiger partial charge < -0.3 is 4.57 Å². The van der Waals surface area contributed by atoms with Gasteiger partial charge in [-0.25, -0.2) is 13.1 Å². The van der Waals surface area contributed by atoms with E-state index < -0.39 is 10.0 Å². The lowest BCUT2D eigenvalue weighted by Gasteiger charge is -2.06. The molecule has 0 saturated heterocycles. The minimum absolute atomic E-state index is 0.0952. The second-order valence-corrected chi connectivity index (χ2v) is 6.67. The highest BCUT2D eigenvalue weighted by molar-refractivity contribution is 7.89. The second kappa shape index (κ2) is 5.54. The van der Waals surface area contributed by atoms with Gasteiger partial charge in [0.1, 0.15) is 0 Å². The summed E-state index contributed by atoms with van der Waals surface area (Å²) in [4.78, 5) is 0.0952. The van der Waals surface area contributed by atoms with Gasteiger partial charge >= 0.3 is 0 Å². The highest BCUT2D eigenvalue weighted by Gasteiger charge is 2.15. The van der Waals surface area contributed by atoms with Crippen LogP contribution in [0.4, 0.5) is 0 Å². The van der Waals surface area contributed by atoms with E-state index in [1.165, 1.54) is 18.2 Å². The van der Waals surface area contributed by atoms with Gasteiger partial charge in [0.15, 0.2) is 0 Å². The summed E-state index contributed by atoms with van der Waals surface area (Å²) in [6.07, 6.45) is 3.69. The number of aryl methyl sites for hydroxylation is 1. The average molecular weight is 319 g/mol. The zero-order valence-electron chi connectivity index (χ0n) is 10.1. The molecule has 102 valence electrons. The first-order valence-corrected chi connectivity index (χ1v) is 7.68. The summed E-state index contributed by atoms with van der Waals surface area (Å²) < 4.78 is 28.5. The Labute approximate surface area is 122 Å². The Bertz CT molecular complexity index is 696. The average Bonchev–Trinajstić information content (AvgIpc) is 2.76. The summed E-state index contributed by atoms with van der Waals surface area (Å²) >= 11 is 11.6. The van der Waals surface area contributed by atoms with Crippen LogP contribution in [-0.2, 0) is 23.6 Å². The Kier molecular flexibility index (Phi) is 4.20. The molecule has 0 bridgehead atoms. The van der Waals surface area contributed by atoms with Crippen LogP contribution in [-0.4, -0.2) is 13.0 Å². The molecule has 0 aliphatic rings. The molecule has 2 aromatic rings. The standard InChI is InChI=1S/C12H12Cl2N2O2S/c1-16-5-4-9(8-16)7-15-19(17,18)10-2-3-11(13)12(14)6-10/h2-6,8,15H,7H2,1H3. The van der Waals surface area contributed by atoms with Crippen LogP contribution in [0.3, 0.4) is 0 Å². The third kappa shape index (κ3) is 3.51. The molecule has 0 radical (unpaired) electrons. The Balaban J connectivity index is 2.16. The lowest BCUT2D eigenvalue weighted by atomic mass is 10.3. The summed E-state index contributed by atoms with van der Waals surface area (Å²) in [5.41, 5.74) is 0.881. The molecule has 4 nitrogen and oxygen atoms in total. The maximum Gasteiger partial charge on any atom is 0.240 e. The molecule has 2 rings (SSSR count). The number of sulfonamides is 1. The Morgan fingerprint density at radius 3 is 2.53 bits per heavy atom. The van der Waals surface area contributed by atoms with E-state index in [1.54, 1.807) is 0 Å². The van der Waals surface area contributed by atoms with Crippen LogP contribution in [0.2, 0.25) is 10.0 Å². The van der Waals surface area contributed by atoms with Gasteiger partial charge in [-0.15, -0.1) is 0 Å². The van der Waals surface area contributed by atoms with E-state index in [9.17, 15) is 8.42 Å². The Morgan fingerprint density at radius 1 is 1.21 bits per heavy atom. The predicted octanol–water partition coefficient (Wildman–Crippen LogP) is 2.81. The highest BCUT2D eigenvalue weighted by atomic mass is 35.5. The lowest BCUT2D eigenvalue weighted by Crippen LogP contribution is -2.23. The third-order valence-corrected chi connectivity index (χ3v) is 4.70. The molecule has 0 saturated carbocycles. The van der Waals surface area contributed by atoms with Gasteiger partial charge in [-0.3, -0.25) is 0 Å². The summed E-state index contributed by atoms with van der Waals surface area (Å²) in [6, 6.07) is 6.05. The van der Waals surface area contributed by atoms with E-state index in [2.05, 4.69) is 4.72 Å². The molecule has 7 heteroatoms. The van der Waals surface area contributed by atoms with Crippen LogP contribution in [0.15, 0.2) is 41.6 Å². The number of aromatic nitrogens is 1. The van der Waals surface area contributed by atoms with E-state index in [0.29, 0.717) is 5.02 Å². The van der Waals surface area contributed by atoms with Crippen molar-refractivity contribution in [2.24, 2.45) is 7.05 Å². The minimum atomic E-state index is -3.59. The topological polar surface area (TPSA) is 51.1 Å². The van der Waals surface area contributed by atoms with Crippen LogP contribution < -0.4 is 4.72 Å². The first-order chi connectivity index (χ1) is 8.88. The molecule has 0 atom stereocenters. The molecule has 0 unspecified atom stereocenters. The van der Waals surface area contributed by atoms with Crippen molar-refractivity contribution < 1.29 is 8.42 Å². The second-order valence-electron chi connectivity index (χ2n) is 4.09. The maximum absolute atomic E-state index is 12.1. The zero-order valence-corrected chi connectivity index (χ0v) is 12.4. The first kappa shape index (κ1) is 14.4. The van der Waals surface area contributed by atoms with Gasteiger partial charge in [0.2, 0.25) is 10.0 Å². The van der Waals surface area contributed by atoms with Gasteiger partial charge in [0.05, 0.1) is 14.9 Å². The molecule has 0 aliphatic carbocycles. The summed E-state index contributed by atoms with van der Waals surface area (Å²) in [6.45, 7) is 0.226. The zero-order chi connectivity index (χ0) is 14.0. The molecule has 1 heterocycles. The summed E-state index contributed by atoms with van der Waals surface area (Å²) in [5.74, 6) is 0. The quantitative estimate of drug-likeness (QED) is 0.942. The van der Waals surface area contributed by atoms with E-state index in [4.69, 9.17) is 23.2 Å². The van der Waals surface area contributed by atoms with Crippen LogP contribution in [0.5, 0.6) is 0 Å². The molecule has 1 N–H and O–H groups in total. The number of nitrogens with zero attached hydrogens (tertiary/aromatic N) is 1. The van der Waals surface area contributed by atoms with Crippen molar-refractivity contribution in [3.63, 3.8) is 0 Å². The largest absolute Gasteiger partial charge is 0.357 e. The SMILES string of the molecule is Cn1ccc(CNS(=O)(=O)c2ccc(Cl)c(Cl)c2)c1. The van der Waals surface area contributed by atoms with E-state index in [0.717, 1.165) is 5.56 Å². The van der Waals surface area contributed by atoms with Gasteiger partial charge in [-0.05, 0) is 29.8 Å². The van der Waals surface area contributed by atoms with Crippen molar-refractivity contribution in [3.8, 4) is 0 Å². The number of halogens is 2. The Hall–Kier alpha value is -1.01. The van der Waals surface area contributed by atoms with Gasteiger partial charge in [-0.1, -0.05) is 23.2 Å². The highest BCUT2D eigenvalue weighted by Crippen LogP contribution is 2.24. The normalized spacial score (nSPS) is 11.7. The Morgan fingerprint density at radius 2 is 1.95 bits per heavy atom. The predicted molar refractivity (Wildman–Crippen MR) is 75.9 cm³/mol. The fourth-order valence-electron chi connectivity index (χ4n) is 1.57. The fourth-order valence-corrected chi connectivity index (χ4v) is 2.98. The number of rotatable bonds is 4. The molecular weight excluding hydrogens is 307 g/mol. The van der Waals surface area contributed by atoms with Crippen LogP contribution in [0.25, 0.3) is 0 Å². The van der Waals surface area contributed by atoms with Gasteiger partial charge in [0, 0.05) is 26.0 Å². The smallest absolute Gasteiger partial charge is 0.240 e.